The molecule has 0 aliphatic rings. The number of anilines is 2. The number of amides is 2. The molecule has 0 aliphatic carbocycles. The summed E-state index contributed by atoms with van der Waals surface area (Å²) >= 11 is 0. The number of ether oxygens (including phenoxy) is 1. The van der Waals surface area contributed by atoms with Crippen LogP contribution in [0, 0.1) is 0 Å². The minimum absolute atomic E-state index is 0.197. The molecule has 0 unspecified atom stereocenters. The van der Waals surface area contributed by atoms with Crippen molar-refractivity contribution in [1.82, 2.24) is 0 Å². The maximum Gasteiger partial charge on any atom is 0.340 e. The highest BCUT2D eigenvalue weighted by atomic mass is 16.5. The lowest BCUT2D eigenvalue weighted by Gasteiger charge is -2.13. The van der Waals surface area contributed by atoms with E-state index in [9.17, 15) is 14.4 Å². The second kappa shape index (κ2) is 10.0. The largest absolute Gasteiger partial charge is 0.462 e. The molecule has 0 bridgehead atoms. The van der Waals surface area contributed by atoms with Gasteiger partial charge in [-0.2, -0.15) is 0 Å². The molecule has 0 saturated heterocycles. The number of carbonyl (C=O) groups excluding carboxylic acids is 3. The molecule has 0 spiro atoms. The molecule has 0 aromatic heterocycles. The molecule has 6 nitrogen and oxygen atoms in total. The fourth-order valence-corrected chi connectivity index (χ4v) is 2.93. The second-order valence-electron chi connectivity index (χ2n) is 6.48. The van der Waals surface area contributed by atoms with Gasteiger partial charge in [-0.05, 0) is 36.8 Å². The molecule has 0 aliphatic heterocycles. The number of hydrogen-bond donors (Lipinski definition) is 2. The number of nitrogens with one attached hydrogen (secondary N) is 2. The Hall–Kier alpha value is -3.93. The van der Waals surface area contributed by atoms with Crippen molar-refractivity contribution in [2.75, 3.05) is 17.2 Å². The van der Waals surface area contributed by atoms with E-state index in [1.807, 2.05) is 30.3 Å². The maximum absolute atomic E-state index is 12.9. The van der Waals surface area contributed by atoms with Crippen LogP contribution in [0.15, 0.2) is 78.9 Å². The Balaban J connectivity index is 1.77. The van der Waals surface area contributed by atoms with Crippen LogP contribution in [0.3, 0.4) is 0 Å². The normalized spacial score (nSPS) is 10.2. The zero-order valence-corrected chi connectivity index (χ0v) is 16.6. The molecule has 152 valence electrons. The number of benzene rings is 3. The Morgan fingerprint density at radius 2 is 1.30 bits per heavy atom. The third kappa shape index (κ3) is 5.32. The van der Waals surface area contributed by atoms with Gasteiger partial charge in [-0.1, -0.05) is 54.6 Å². The quantitative estimate of drug-likeness (QED) is 0.577. The predicted molar refractivity (Wildman–Crippen MR) is 116 cm³/mol. The average Bonchev–Trinajstić information content (AvgIpc) is 2.75. The molecule has 2 N–H and O–H groups in total. The van der Waals surface area contributed by atoms with Crippen molar-refractivity contribution in [1.29, 1.82) is 0 Å². The van der Waals surface area contributed by atoms with E-state index in [1.54, 1.807) is 55.5 Å². The lowest BCUT2D eigenvalue weighted by atomic mass is 10.1. The number of esters is 1. The van der Waals surface area contributed by atoms with Crippen LogP contribution in [0.2, 0.25) is 0 Å². The molecule has 3 aromatic rings. The lowest BCUT2D eigenvalue weighted by Crippen LogP contribution is -2.20. The van der Waals surface area contributed by atoms with Crippen LogP contribution >= 0.6 is 0 Å². The van der Waals surface area contributed by atoms with Crippen molar-refractivity contribution < 1.29 is 19.1 Å². The van der Waals surface area contributed by atoms with Gasteiger partial charge >= 0.3 is 5.97 Å². The van der Waals surface area contributed by atoms with Gasteiger partial charge in [0.15, 0.2) is 0 Å². The number of carbonyl (C=O) groups is 3. The third-order valence-electron chi connectivity index (χ3n) is 4.32. The minimum Gasteiger partial charge on any atom is -0.462 e. The van der Waals surface area contributed by atoms with Crippen LogP contribution in [0.4, 0.5) is 11.4 Å². The van der Waals surface area contributed by atoms with Crippen LogP contribution in [0.5, 0.6) is 0 Å². The van der Waals surface area contributed by atoms with Crippen LogP contribution in [-0.4, -0.2) is 24.4 Å². The van der Waals surface area contributed by atoms with E-state index in [1.165, 1.54) is 0 Å². The molecule has 0 heterocycles. The van der Waals surface area contributed by atoms with E-state index < -0.39 is 11.9 Å². The van der Waals surface area contributed by atoms with Crippen molar-refractivity contribution in [2.24, 2.45) is 0 Å². The SMILES string of the molecule is CCOC(=O)c1ccccc1NC(=O)c1ccccc1NC(=O)Cc1ccccc1. The zero-order valence-electron chi connectivity index (χ0n) is 16.6. The number of hydrogen-bond acceptors (Lipinski definition) is 4. The van der Waals surface area contributed by atoms with Crippen molar-refractivity contribution >= 4 is 29.2 Å². The number of para-hydroxylation sites is 2. The summed E-state index contributed by atoms with van der Waals surface area (Å²) in [6.45, 7) is 1.95. The van der Waals surface area contributed by atoms with Crippen molar-refractivity contribution in [3.05, 3.63) is 95.6 Å². The van der Waals surface area contributed by atoms with Gasteiger partial charge in [0.1, 0.15) is 0 Å². The molecular weight excluding hydrogens is 380 g/mol. The lowest BCUT2D eigenvalue weighted by molar-refractivity contribution is -0.115. The van der Waals surface area contributed by atoms with Crippen LogP contribution < -0.4 is 10.6 Å². The smallest absolute Gasteiger partial charge is 0.340 e. The molecule has 0 atom stereocenters. The van der Waals surface area contributed by atoms with E-state index in [2.05, 4.69) is 10.6 Å². The first-order chi connectivity index (χ1) is 14.6. The van der Waals surface area contributed by atoms with Gasteiger partial charge in [-0.25, -0.2) is 4.79 Å². The van der Waals surface area contributed by atoms with E-state index in [4.69, 9.17) is 4.74 Å². The topological polar surface area (TPSA) is 84.5 Å². The van der Waals surface area contributed by atoms with E-state index >= 15 is 0 Å². The highest BCUT2D eigenvalue weighted by molar-refractivity contribution is 6.12. The Kier molecular flexibility index (Phi) is 6.95. The molecule has 6 heteroatoms. The summed E-state index contributed by atoms with van der Waals surface area (Å²) in [5.74, 6) is -1.19. The predicted octanol–water partition coefficient (Wildman–Crippen LogP) is 4.30. The molecule has 0 saturated carbocycles. The fourth-order valence-electron chi connectivity index (χ4n) is 2.93. The second-order valence-corrected chi connectivity index (χ2v) is 6.48. The first-order valence-corrected chi connectivity index (χ1v) is 9.58. The van der Waals surface area contributed by atoms with Gasteiger partial charge in [0.25, 0.3) is 5.91 Å². The monoisotopic (exact) mass is 402 g/mol. The fraction of sp³-hybridized carbons (Fsp3) is 0.125. The highest BCUT2D eigenvalue weighted by Crippen LogP contribution is 2.21. The summed E-state index contributed by atoms with van der Waals surface area (Å²) in [6.07, 6.45) is 0.197. The van der Waals surface area contributed by atoms with Crippen molar-refractivity contribution in [3.63, 3.8) is 0 Å². The molecule has 3 aromatic carbocycles. The molecule has 2 amide bonds. The standard InChI is InChI=1S/C24H22N2O4/c1-2-30-24(29)19-13-7-9-15-21(19)26-23(28)18-12-6-8-14-20(18)25-22(27)16-17-10-4-3-5-11-17/h3-15H,2,16H2,1H3,(H,25,27)(H,26,28). The van der Waals surface area contributed by atoms with E-state index in [0.717, 1.165) is 5.56 Å². The summed E-state index contributed by atoms with van der Waals surface area (Å²) in [5.41, 5.74) is 2.16. The van der Waals surface area contributed by atoms with E-state index in [0.29, 0.717) is 11.4 Å². The molecule has 0 fully saturated rings. The minimum atomic E-state index is -0.516. The number of rotatable bonds is 7. The van der Waals surface area contributed by atoms with Crippen molar-refractivity contribution in [3.8, 4) is 0 Å². The van der Waals surface area contributed by atoms with Gasteiger partial charge in [-0.15, -0.1) is 0 Å². The maximum atomic E-state index is 12.9. The first kappa shape index (κ1) is 20.8. The zero-order chi connectivity index (χ0) is 21.3. The Labute approximate surface area is 174 Å². The molecule has 30 heavy (non-hydrogen) atoms. The van der Waals surface area contributed by atoms with Gasteiger partial charge < -0.3 is 15.4 Å². The highest BCUT2D eigenvalue weighted by Gasteiger charge is 2.17. The van der Waals surface area contributed by atoms with Crippen LogP contribution in [0.25, 0.3) is 0 Å². The van der Waals surface area contributed by atoms with Gasteiger partial charge in [0.2, 0.25) is 5.91 Å². The van der Waals surface area contributed by atoms with Gasteiger partial charge in [0.05, 0.1) is 35.5 Å². The summed E-state index contributed by atoms with van der Waals surface area (Å²) in [6, 6.07) is 22.7. The average molecular weight is 402 g/mol. The molecular formula is C24H22N2O4. The first-order valence-electron chi connectivity index (χ1n) is 9.58. The van der Waals surface area contributed by atoms with Crippen LogP contribution in [0.1, 0.15) is 33.2 Å². The summed E-state index contributed by atoms with van der Waals surface area (Å²) in [4.78, 5) is 37.5. The summed E-state index contributed by atoms with van der Waals surface area (Å²) < 4.78 is 5.04. The van der Waals surface area contributed by atoms with Crippen LogP contribution in [-0.2, 0) is 16.0 Å². The van der Waals surface area contributed by atoms with Gasteiger partial charge in [-0.3, -0.25) is 9.59 Å². The summed E-state index contributed by atoms with van der Waals surface area (Å²) in [7, 11) is 0. The Bertz CT molecular complexity index is 1050. The Morgan fingerprint density at radius 3 is 1.97 bits per heavy atom. The third-order valence-corrected chi connectivity index (χ3v) is 4.32. The molecule has 3 rings (SSSR count). The van der Waals surface area contributed by atoms with Gasteiger partial charge in [0, 0.05) is 0 Å². The summed E-state index contributed by atoms with van der Waals surface area (Å²) in [5, 5.41) is 5.53. The Morgan fingerprint density at radius 1 is 0.733 bits per heavy atom. The van der Waals surface area contributed by atoms with Crippen molar-refractivity contribution in [2.45, 2.75) is 13.3 Å². The van der Waals surface area contributed by atoms with E-state index in [-0.39, 0.29) is 30.1 Å². The molecule has 0 radical (unpaired) electrons.